The quantitative estimate of drug-likeness (QED) is 0.635. The molecule has 0 spiro atoms. The van der Waals surface area contributed by atoms with Gasteiger partial charge in [-0.3, -0.25) is 0 Å². The third kappa shape index (κ3) is 7.31. The third-order valence-electron chi connectivity index (χ3n) is 4.83. The van der Waals surface area contributed by atoms with E-state index in [1.54, 1.807) is 0 Å². The minimum Gasteiger partial charge on any atom is -0.313 e. The van der Waals surface area contributed by atoms with Crippen molar-refractivity contribution in [3.63, 3.8) is 0 Å². The maximum Gasteiger partial charge on any atom is 0.0107 e. The Morgan fingerprint density at radius 2 is 1.63 bits per heavy atom. The SMILES string of the molecule is CCC(CC)CN(CC)CCNC1CCCCCC1. The van der Waals surface area contributed by atoms with Crippen molar-refractivity contribution >= 4 is 0 Å². The van der Waals surface area contributed by atoms with Gasteiger partial charge >= 0.3 is 0 Å². The van der Waals surface area contributed by atoms with Crippen LogP contribution in [0.25, 0.3) is 0 Å². The smallest absolute Gasteiger partial charge is 0.0107 e. The van der Waals surface area contributed by atoms with E-state index in [0.29, 0.717) is 0 Å². The highest BCUT2D eigenvalue weighted by Crippen LogP contribution is 2.17. The van der Waals surface area contributed by atoms with Gasteiger partial charge in [0.05, 0.1) is 0 Å². The molecule has 1 aliphatic rings. The fraction of sp³-hybridized carbons (Fsp3) is 1.00. The topological polar surface area (TPSA) is 15.3 Å². The van der Waals surface area contributed by atoms with Crippen LogP contribution in [0.2, 0.25) is 0 Å². The lowest BCUT2D eigenvalue weighted by atomic mass is 10.0. The van der Waals surface area contributed by atoms with Crippen LogP contribution >= 0.6 is 0 Å². The summed E-state index contributed by atoms with van der Waals surface area (Å²) in [6, 6.07) is 0.800. The van der Waals surface area contributed by atoms with E-state index in [9.17, 15) is 0 Å². The molecule has 1 N–H and O–H groups in total. The van der Waals surface area contributed by atoms with Crippen LogP contribution in [-0.4, -0.2) is 37.1 Å². The Hall–Kier alpha value is -0.0800. The average Bonchev–Trinajstić information content (AvgIpc) is 2.71. The molecule has 0 heterocycles. The van der Waals surface area contributed by atoms with E-state index in [2.05, 4.69) is 31.0 Å². The maximum absolute atomic E-state index is 3.79. The zero-order valence-corrected chi connectivity index (χ0v) is 13.6. The molecule has 0 atom stereocenters. The first-order valence-electron chi connectivity index (χ1n) is 8.75. The molecule has 0 saturated heterocycles. The van der Waals surface area contributed by atoms with Crippen LogP contribution in [0.1, 0.15) is 72.1 Å². The molecule has 0 amide bonds. The van der Waals surface area contributed by atoms with Crippen LogP contribution < -0.4 is 5.32 Å². The van der Waals surface area contributed by atoms with Gasteiger partial charge in [-0.15, -0.1) is 0 Å². The second kappa shape index (κ2) is 10.7. The molecular weight excluding hydrogens is 232 g/mol. The minimum absolute atomic E-state index is 0.800. The van der Waals surface area contributed by atoms with Crippen molar-refractivity contribution in [3.05, 3.63) is 0 Å². The number of hydrogen-bond donors (Lipinski definition) is 1. The highest BCUT2D eigenvalue weighted by Gasteiger charge is 2.13. The monoisotopic (exact) mass is 268 g/mol. The van der Waals surface area contributed by atoms with Crippen LogP contribution in [0.5, 0.6) is 0 Å². The Bertz CT molecular complexity index is 193. The molecule has 0 unspecified atom stereocenters. The summed E-state index contributed by atoms with van der Waals surface area (Å²) in [6.07, 6.45) is 11.2. The van der Waals surface area contributed by atoms with Crippen molar-refractivity contribution in [3.8, 4) is 0 Å². The maximum atomic E-state index is 3.79. The lowest BCUT2D eigenvalue weighted by Crippen LogP contribution is -2.38. The summed E-state index contributed by atoms with van der Waals surface area (Å²) in [5.41, 5.74) is 0. The zero-order chi connectivity index (χ0) is 13.9. The highest BCUT2D eigenvalue weighted by atomic mass is 15.1. The molecule has 0 radical (unpaired) electrons. The van der Waals surface area contributed by atoms with Gasteiger partial charge in [0.25, 0.3) is 0 Å². The predicted molar refractivity (Wildman–Crippen MR) is 85.7 cm³/mol. The lowest BCUT2D eigenvalue weighted by Gasteiger charge is -2.26. The summed E-state index contributed by atoms with van der Waals surface area (Å²) in [7, 11) is 0. The van der Waals surface area contributed by atoms with Gasteiger partial charge in [-0.1, -0.05) is 59.3 Å². The summed E-state index contributed by atoms with van der Waals surface area (Å²) in [4.78, 5) is 2.63. The normalized spacial score (nSPS) is 18.2. The van der Waals surface area contributed by atoms with Gasteiger partial charge in [-0.2, -0.15) is 0 Å². The number of nitrogens with zero attached hydrogens (tertiary/aromatic N) is 1. The molecule has 0 aromatic heterocycles. The molecule has 0 aromatic rings. The minimum atomic E-state index is 0.800. The molecule has 1 aliphatic carbocycles. The Labute approximate surface area is 121 Å². The van der Waals surface area contributed by atoms with Crippen LogP contribution in [0.15, 0.2) is 0 Å². The largest absolute Gasteiger partial charge is 0.313 e. The van der Waals surface area contributed by atoms with Crippen molar-refractivity contribution in [2.24, 2.45) is 5.92 Å². The van der Waals surface area contributed by atoms with Crippen LogP contribution in [0, 0.1) is 5.92 Å². The molecule has 19 heavy (non-hydrogen) atoms. The summed E-state index contributed by atoms with van der Waals surface area (Å²) >= 11 is 0. The molecule has 1 rings (SSSR count). The van der Waals surface area contributed by atoms with Crippen LogP contribution in [0.3, 0.4) is 0 Å². The Kier molecular flexibility index (Phi) is 9.54. The van der Waals surface area contributed by atoms with Crippen LogP contribution in [-0.2, 0) is 0 Å². The molecular formula is C17H36N2. The first-order chi connectivity index (χ1) is 9.30. The second-order valence-electron chi connectivity index (χ2n) is 6.22. The molecule has 2 heteroatoms. The van der Waals surface area contributed by atoms with Gasteiger partial charge in [0.2, 0.25) is 0 Å². The van der Waals surface area contributed by atoms with E-state index in [0.717, 1.165) is 12.0 Å². The van der Waals surface area contributed by atoms with E-state index < -0.39 is 0 Å². The summed E-state index contributed by atoms with van der Waals surface area (Å²) < 4.78 is 0. The highest BCUT2D eigenvalue weighted by molar-refractivity contribution is 4.72. The Balaban J connectivity index is 2.17. The Morgan fingerprint density at radius 3 is 2.16 bits per heavy atom. The van der Waals surface area contributed by atoms with E-state index in [1.165, 1.54) is 77.5 Å². The predicted octanol–water partition coefficient (Wildman–Crippen LogP) is 4.06. The molecule has 114 valence electrons. The molecule has 1 fully saturated rings. The van der Waals surface area contributed by atoms with E-state index in [4.69, 9.17) is 0 Å². The van der Waals surface area contributed by atoms with E-state index in [-0.39, 0.29) is 0 Å². The zero-order valence-electron chi connectivity index (χ0n) is 13.6. The van der Waals surface area contributed by atoms with Gasteiger partial charge in [-0.05, 0) is 25.3 Å². The Morgan fingerprint density at radius 1 is 1.00 bits per heavy atom. The summed E-state index contributed by atoms with van der Waals surface area (Å²) in [5, 5.41) is 3.79. The van der Waals surface area contributed by atoms with Crippen molar-refractivity contribution < 1.29 is 0 Å². The van der Waals surface area contributed by atoms with E-state index >= 15 is 0 Å². The van der Waals surface area contributed by atoms with Crippen LogP contribution in [0.4, 0.5) is 0 Å². The van der Waals surface area contributed by atoms with Gasteiger partial charge < -0.3 is 10.2 Å². The van der Waals surface area contributed by atoms with Crippen molar-refractivity contribution in [1.29, 1.82) is 0 Å². The lowest BCUT2D eigenvalue weighted by molar-refractivity contribution is 0.230. The fourth-order valence-corrected chi connectivity index (χ4v) is 3.20. The van der Waals surface area contributed by atoms with Gasteiger partial charge in [0.15, 0.2) is 0 Å². The summed E-state index contributed by atoms with van der Waals surface area (Å²) in [5.74, 6) is 0.887. The number of likely N-dealkylation sites (N-methyl/N-ethyl adjacent to an activating group) is 1. The molecule has 0 bridgehead atoms. The standard InChI is InChI=1S/C17H36N2/c1-4-16(5-2)15-19(6-3)14-13-18-17-11-9-7-8-10-12-17/h16-18H,4-15H2,1-3H3. The van der Waals surface area contributed by atoms with Crippen molar-refractivity contribution in [2.45, 2.75) is 78.2 Å². The van der Waals surface area contributed by atoms with Gasteiger partial charge in [-0.25, -0.2) is 0 Å². The number of rotatable bonds is 9. The fourth-order valence-electron chi connectivity index (χ4n) is 3.20. The first-order valence-corrected chi connectivity index (χ1v) is 8.75. The number of hydrogen-bond acceptors (Lipinski definition) is 2. The third-order valence-corrected chi connectivity index (χ3v) is 4.83. The van der Waals surface area contributed by atoms with E-state index in [1.807, 2.05) is 0 Å². The molecule has 2 nitrogen and oxygen atoms in total. The number of nitrogens with one attached hydrogen (secondary N) is 1. The average molecular weight is 268 g/mol. The van der Waals surface area contributed by atoms with Gasteiger partial charge in [0, 0.05) is 25.7 Å². The molecule has 0 aliphatic heterocycles. The molecule has 1 saturated carbocycles. The van der Waals surface area contributed by atoms with Crippen molar-refractivity contribution in [2.75, 3.05) is 26.2 Å². The van der Waals surface area contributed by atoms with Gasteiger partial charge in [0.1, 0.15) is 0 Å². The molecule has 0 aromatic carbocycles. The first kappa shape index (κ1) is 17.0. The second-order valence-corrected chi connectivity index (χ2v) is 6.22. The van der Waals surface area contributed by atoms with Crippen molar-refractivity contribution in [1.82, 2.24) is 10.2 Å². The summed E-state index contributed by atoms with van der Waals surface area (Å²) in [6.45, 7) is 11.8.